The fourth-order valence-electron chi connectivity index (χ4n) is 2.39. The van der Waals surface area contributed by atoms with Gasteiger partial charge < -0.3 is 15.6 Å². The number of nitrogens with zero attached hydrogens (tertiary/aromatic N) is 2. The van der Waals surface area contributed by atoms with Crippen molar-refractivity contribution >= 4 is 44.2 Å². The number of fused-ring (bicyclic) bond motifs is 1. The van der Waals surface area contributed by atoms with E-state index in [9.17, 15) is 13.6 Å². The normalized spacial score (nSPS) is 12.3. The van der Waals surface area contributed by atoms with Gasteiger partial charge in [0.25, 0.3) is 5.91 Å². The fourth-order valence-corrected chi connectivity index (χ4v) is 3.77. The second-order valence-electron chi connectivity index (χ2n) is 5.50. The maximum absolute atomic E-state index is 12.5. The number of rotatable bonds is 4. The summed E-state index contributed by atoms with van der Waals surface area (Å²) in [6, 6.07) is 6.28. The quantitative estimate of drug-likeness (QED) is 0.673. The zero-order valence-corrected chi connectivity index (χ0v) is 15.2. The van der Waals surface area contributed by atoms with Crippen LogP contribution in [0.2, 0.25) is 0 Å². The zero-order valence-electron chi connectivity index (χ0n) is 13.5. The monoisotopic (exact) mass is 375 g/mol. The summed E-state index contributed by atoms with van der Waals surface area (Å²) < 4.78 is 21.7. The molecule has 0 saturated heterocycles. The van der Waals surface area contributed by atoms with Crippen LogP contribution >= 0.6 is 11.3 Å². The Morgan fingerprint density at radius 1 is 1.28 bits per heavy atom. The van der Waals surface area contributed by atoms with Gasteiger partial charge in [-0.15, -0.1) is 16.4 Å². The summed E-state index contributed by atoms with van der Waals surface area (Å²) in [6.45, 7) is 4.01. The van der Waals surface area contributed by atoms with Gasteiger partial charge in [-0.2, -0.15) is 5.10 Å². The number of nitrogens with one attached hydrogen (secondary N) is 1. The molecule has 2 heterocycles. The number of benzene rings is 1. The first kappa shape index (κ1) is 17.5. The van der Waals surface area contributed by atoms with Crippen molar-refractivity contribution in [3.63, 3.8) is 0 Å². The van der Waals surface area contributed by atoms with E-state index in [1.807, 2.05) is 13.8 Å². The van der Waals surface area contributed by atoms with E-state index in [4.69, 9.17) is 5.73 Å². The van der Waals surface area contributed by atoms with E-state index in [0.717, 1.165) is 22.2 Å². The SMILES string of the molecule is Cc1nnc2sc(C(=O)NCc3ccc(S(=O)[O-])cc3)c(N)c2c1C. The number of hydrogen-bond acceptors (Lipinski definition) is 7. The van der Waals surface area contributed by atoms with Crippen molar-refractivity contribution in [1.29, 1.82) is 0 Å². The molecule has 0 aliphatic heterocycles. The summed E-state index contributed by atoms with van der Waals surface area (Å²) >= 11 is -1.06. The number of amides is 1. The van der Waals surface area contributed by atoms with E-state index < -0.39 is 11.1 Å². The molecule has 130 valence electrons. The van der Waals surface area contributed by atoms with Crippen molar-refractivity contribution in [3.05, 3.63) is 46.0 Å². The van der Waals surface area contributed by atoms with E-state index in [-0.39, 0.29) is 17.3 Å². The molecule has 0 radical (unpaired) electrons. The number of nitrogen functional groups attached to an aromatic ring is 1. The summed E-state index contributed by atoms with van der Waals surface area (Å²) in [5.74, 6) is -0.297. The van der Waals surface area contributed by atoms with Crippen molar-refractivity contribution in [3.8, 4) is 0 Å². The Morgan fingerprint density at radius 3 is 2.60 bits per heavy atom. The molecule has 0 saturated carbocycles. The molecule has 1 amide bonds. The Hall–Kier alpha value is -2.36. The van der Waals surface area contributed by atoms with Gasteiger partial charge in [-0.1, -0.05) is 12.1 Å². The molecule has 3 aromatic rings. The maximum atomic E-state index is 12.5. The Balaban J connectivity index is 1.79. The molecule has 25 heavy (non-hydrogen) atoms. The minimum absolute atomic E-state index is 0.202. The van der Waals surface area contributed by atoms with Crippen LogP contribution in [0.3, 0.4) is 0 Å². The predicted octanol–water partition coefficient (Wildman–Crippen LogP) is 2.06. The van der Waals surface area contributed by atoms with Crippen molar-refractivity contribution in [1.82, 2.24) is 15.5 Å². The van der Waals surface area contributed by atoms with Crippen LogP contribution in [0.5, 0.6) is 0 Å². The van der Waals surface area contributed by atoms with Crippen LogP contribution in [-0.4, -0.2) is 24.9 Å². The van der Waals surface area contributed by atoms with Crippen molar-refractivity contribution in [2.75, 3.05) is 5.73 Å². The lowest BCUT2D eigenvalue weighted by molar-refractivity contribution is 0.0956. The van der Waals surface area contributed by atoms with Gasteiger partial charge in [-0.25, -0.2) is 0 Å². The smallest absolute Gasteiger partial charge is 0.263 e. The molecule has 1 aromatic carbocycles. The van der Waals surface area contributed by atoms with Crippen LogP contribution in [0.15, 0.2) is 29.2 Å². The van der Waals surface area contributed by atoms with Gasteiger partial charge in [0.2, 0.25) is 0 Å². The molecular weight excluding hydrogens is 360 g/mol. The standard InChI is InChI=1S/C16H16N4O3S2/c1-8-9(2)19-20-16-12(8)13(17)14(24-16)15(21)18-7-10-3-5-11(6-4-10)25(22)23/h3-6H,7,17H2,1-2H3,(H,18,21)(H,22,23)/p-1. The molecule has 3 N–H and O–H groups in total. The molecule has 0 spiro atoms. The van der Waals surface area contributed by atoms with Crippen molar-refractivity contribution < 1.29 is 13.6 Å². The highest BCUT2D eigenvalue weighted by Crippen LogP contribution is 2.34. The summed E-state index contributed by atoms with van der Waals surface area (Å²) in [5.41, 5.74) is 9.03. The third-order valence-electron chi connectivity index (χ3n) is 3.91. The van der Waals surface area contributed by atoms with Crippen LogP contribution in [0.4, 0.5) is 5.69 Å². The molecule has 0 fully saturated rings. The van der Waals surface area contributed by atoms with Gasteiger partial charge in [-0.05, 0) is 48.2 Å². The Morgan fingerprint density at radius 2 is 1.96 bits per heavy atom. The molecule has 3 rings (SSSR count). The lowest BCUT2D eigenvalue weighted by Gasteiger charge is -2.07. The molecular formula is C16H15N4O3S2-. The molecule has 7 nitrogen and oxygen atoms in total. The topological polar surface area (TPSA) is 121 Å². The maximum Gasteiger partial charge on any atom is 0.263 e. The minimum Gasteiger partial charge on any atom is -0.768 e. The lowest BCUT2D eigenvalue weighted by Crippen LogP contribution is -2.22. The first-order valence-electron chi connectivity index (χ1n) is 7.36. The number of anilines is 1. The van der Waals surface area contributed by atoms with Crippen LogP contribution in [0.25, 0.3) is 10.2 Å². The predicted molar refractivity (Wildman–Crippen MR) is 96.1 cm³/mol. The molecule has 1 atom stereocenters. The van der Waals surface area contributed by atoms with Gasteiger partial charge in [0.15, 0.2) is 0 Å². The van der Waals surface area contributed by atoms with E-state index in [1.165, 1.54) is 23.5 Å². The number of nitrogens with two attached hydrogens (primary N) is 1. The largest absolute Gasteiger partial charge is 0.768 e. The molecule has 0 aliphatic carbocycles. The first-order chi connectivity index (χ1) is 11.9. The van der Waals surface area contributed by atoms with Gasteiger partial charge in [-0.3, -0.25) is 9.00 Å². The Labute approximate surface area is 150 Å². The number of carbonyl (C=O) groups is 1. The molecule has 1 unspecified atom stereocenters. The van der Waals surface area contributed by atoms with E-state index in [1.54, 1.807) is 12.1 Å². The Bertz CT molecular complexity index is 983. The highest BCUT2D eigenvalue weighted by molar-refractivity contribution is 7.79. The van der Waals surface area contributed by atoms with Gasteiger partial charge in [0.1, 0.15) is 9.71 Å². The van der Waals surface area contributed by atoms with E-state index >= 15 is 0 Å². The summed E-state index contributed by atoms with van der Waals surface area (Å²) in [5, 5.41) is 11.7. The van der Waals surface area contributed by atoms with Crippen LogP contribution < -0.4 is 11.1 Å². The average Bonchev–Trinajstić information content (AvgIpc) is 2.94. The fraction of sp³-hybridized carbons (Fsp3) is 0.188. The molecule has 0 bridgehead atoms. The van der Waals surface area contributed by atoms with Crippen molar-refractivity contribution in [2.24, 2.45) is 0 Å². The first-order valence-corrected chi connectivity index (χ1v) is 9.26. The molecule has 9 heteroatoms. The number of aryl methyl sites for hydroxylation is 2. The third kappa shape index (κ3) is 3.39. The zero-order chi connectivity index (χ0) is 18.1. The lowest BCUT2D eigenvalue weighted by atomic mass is 10.1. The molecule has 2 aromatic heterocycles. The van der Waals surface area contributed by atoms with Crippen molar-refractivity contribution in [2.45, 2.75) is 25.3 Å². The number of aromatic nitrogens is 2. The second kappa shape index (κ2) is 6.87. The van der Waals surface area contributed by atoms with Gasteiger partial charge >= 0.3 is 0 Å². The van der Waals surface area contributed by atoms with Crippen LogP contribution in [0.1, 0.15) is 26.5 Å². The van der Waals surface area contributed by atoms with Crippen LogP contribution in [-0.2, 0) is 17.6 Å². The highest BCUT2D eigenvalue weighted by atomic mass is 32.2. The summed E-state index contributed by atoms with van der Waals surface area (Å²) in [6.07, 6.45) is 0. The summed E-state index contributed by atoms with van der Waals surface area (Å²) in [7, 11) is 0. The summed E-state index contributed by atoms with van der Waals surface area (Å²) in [4.78, 5) is 13.7. The van der Waals surface area contributed by atoms with E-state index in [0.29, 0.717) is 15.4 Å². The average molecular weight is 375 g/mol. The van der Waals surface area contributed by atoms with Crippen LogP contribution in [0, 0.1) is 13.8 Å². The second-order valence-corrected chi connectivity index (χ2v) is 7.44. The van der Waals surface area contributed by atoms with Gasteiger partial charge in [0, 0.05) is 16.8 Å². The molecule has 0 aliphatic rings. The highest BCUT2D eigenvalue weighted by Gasteiger charge is 2.19. The Kier molecular flexibility index (Phi) is 4.80. The van der Waals surface area contributed by atoms with Gasteiger partial charge in [0.05, 0.1) is 11.4 Å². The van der Waals surface area contributed by atoms with E-state index in [2.05, 4.69) is 15.5 Å². The minimum atomic E-state index is -2.26. The number of thiophene rings is 1. The number of hydrogen-bond donors (Lipinski definition) is 2. The third-order valence-corrected chi connectivity index (χ3v) is 5.66. The number of carbonyl (C=O) groups excluding carboxylic acids is 1.